The van der Waals surface area contributed by atoms with Crippen LogP contribution < -0.4 is 10.6 Å². The van der Waals surface area contributed by atoms with Gasteiger partial charge in [0.25, 0.3) is 0 Å². The Balaban J connectivity index is 1.45. The minimum atomic E-state index is -0.00970. The second-order valence-electron chi connectivity index (χ2n) is 7.93. The van der Waals surface area contributed by atoms with Gasteiger partial charge in [0.1, 0.15) is 0 Å². The van der Waals surface area contributed by atoms with Crippen molar-refractivity contribution in [3.8, 4) is 11.1 Å². The van der Waals surface area contributed by atoms with Gasteiger partial charge in [-0.2, -0.15) is 0 Å². The van der Waals surface area contributed by atoms with E-state index >= 15 is 0 Å². The average molecular weight is 509 g/mol. The van der Waals surface area contributed by atoms with Gasteiger partial charge in [-0.1, -0.05) is 106 Å². The van der Waals surface area contributed by atoms with Crippen molar-refractivity contribution in [2.45, 2.75) is 0 Å². The molecule has 0 saturated carbocycles. The summed E-state index contributed by atoms with van der Waals surface area (Å²) < 4.78 is 0. The third-order valence-corrected chi connectivity index (χ3v) is 5.57. The van der Waals surface area contributed by atoms with Crippen molar-refractivity contribution in [2.75, 3.05) is 10.6 Å². The van der Waals surface area contributed by atoms with Gasteiger partial charge in [0.2, 0.25) is 0 Å². The van der Waals surface area contributed by atoms with Crippen LogP contribution in [0.4, 0.5) is 11.4 Å². The smallest absolute Gasteiger partial charge is 0.199 e. The van der Waals surface area contributed by atoms with E-state index in [2.05, 4.69) is 31.3 Å². The number of rotatable bonds is 7. The maximum atomic E-state index is 9.49. The second-order valence-corrected chi connectivity index (χ2v) is 7.93. The molecule has 0 radical (unpaired) electrons. The molecule has 0 aromatic heterocycles. The molecule has 0 saturated heterocycles. The van der Waals surface area contributed by atoms with Crippen LogP contribution in [-0.4, -0.2) is 43.9 Å². The van der Waals surface area contributed by atoms with Crippen molar-refractivity contribution in [2.24, 2.45) is 20.6 Å². The summed E-state index contributed by atoms with van der Waals surface area (Å²) in [7, 11) is 0. The molecule has 0 bridgehead atoms. The summed E-state index contributed by atoms with van der Waals surface area (Å²) in [5.41, 5.74) is 4.42. The molecule has 10 nitrogen and oxygen atoms in total. The Morgan fingerprint density at radius 1 is 0.421 bits per heavy atom. The zero-order valence-corrected chi connectivity index (χ0v) is 20.0. The van der Waals surface area contributed by atoms with Gasteiger partial charge in [0, 0.05) is 22.5 Å². The highest BCUT2D eigenvalue weighted by Crippen LogP contribution is 2.24. The van der Waals surface area contributed by atoms with E-state index in [1.807, 2.05) is 36.4 Å². The van der Waals surface area contributed by atoms with Crippen molar-refractivity contribution in [3.63, 3.8) is 0 Å². The fraction of sp³-hybridized carbons (Fsp3) is 0. The molecule has 4 aromatic rings. The molecular weight excluding hydrogens is 484 g/mol. The van der Waals surface area contributed by atoms with Gasteiger partial charge in [0.15, 0.2) is 23.1 Å². The summed E-state index contributed by atoms with van der Waals surface area (Å²) in [6, 6.07) is 32.4. The zero-order valence-electron chi connectivity index (χ0n) is 20.0. The van der Waals surface area contributed by atoms with Gasteiger partial charge in [-0.15, -0.1) is 0 Å². The van der Waals surface area contributed by atoms with Gasteiger partial charge < -0.3 is 31.5 Å². The van der Waals surface area contributed by atoms with E-state index in [-0.39, 0.29) is 23.1 Å². The SMILES string of the molecule is ON=C(Nc1ccc(-c2ccc(NC(=NO)C(=NO)c3ccccc3)cc2)cc1)C(=NO)c1ccccc1. The van der Waals surface area contributed by atoms with Crippen LogP contribution in [-0.2, 0) is 0 Å². The Hall–Kier alpha value is -5.64. The van der Waals surface area contributed by atoms with E-state index in [9.17, 15) is 20.8 Å². The molecule has 0 fully saturated rings. The number of anilines is 2. The molecule has 4 aromatic carbocycles. The van der Waals surface area contributed by atoms with Crippen molar-refractivity contribution >= 4 is 34.5 Å². The van der Waals surface area contributed by atoms with Crippen molar-refractivity contribution in [3.05, 3.63) is 120 Å². The lowest BCUT2D eigenvalue weighted by Gasteiger charge is -2.12. The number of nitrogens with one attached hydrogen (secondary N) is 2. The predicted octanol–water partition coefficient (Wildman–Crippen LogP) is 5.51. The molecule has 0 amide bonds. The first kappa shape index (κ1) is 25.5. The van der Waals surface area contributed by atoms with Crippen LogP contribution in [0, 0.1) is 0 Å². The molecule has 6 N–H and O–H groups in total. The minimum Gasteiger partial charge on any atom is -0.410 e. The lowest BCUT2D eigenvalue weighted by molar-refractivity contribution is 0.314. The number of amidine groups is 2. The van der Waals surface area contributed by atoms with Crippen LogP contribution >= 0.6 is 0 Å². The first-order valence-electron chi connectivity index (χ1n) is 11.4. The molecule has 0 atom stereocenters. The monoisotopic (exact) mass is 508 g/mol. The highest BCUT2D eigenvalue weighted by molar-refractivity contribution is 6.51. The lowest BCUT2D eigenvalue weighted by Crippen LogP contribution is -2.24. The van der Waals surface area contributed by atoms with Crippen LogP contribution in [0.15, 0.2) is 130 Å². The lowest BCUT2D eigenvalue weighted by atomic mass is 10.0. The maximum absolute atomic E-state index is 9.49. The third kappa shape index (κ3) is 5.94. The Kier molecular flexibility index (Phi) is 8.28. The van der Waals surface area contributed by atoms with Gasteiger partial charge in [-0.3, -0.25) is 0 Å². The molecule has 10 heteroatoms. The second kappa shape index (κ2) is 12.4. The molecule has 0 heterocycles. The van der Waals surface area contributed by atoms with Crippen LogP contribution in [0.25, 0.3) is 11.1 Å². The van der Waals surface area contributed by atoms with Crippen LogP contribution in [0.5, 0.6) is 0 Å². The van der Waals surface area contributed by atoms with Gasteiger partial charge in [-0.05, 0) is 35.4 Å². The van der Waals surface area contributed by atoms with Crippen molar-refractivity contribution in [1.29, 1.82) is 0 Å². The minimum absolute atomic E-state index is 0.00970. The Bertz CT molecular complexity index is 1350. The topological polar surface area (TPSA) is 154 Å². The van der Waals surface area contributed by atoms with Crippen LogP contribution in [0.3, 0.4) is 0 Å². The molecule has 4 rings (SSSR count). The summed E-state index contributed by atoms with van der Waals surface area (Å²) in [5.74, 6) is -0.0194. The molecule has 0 spiro atoms. The highest BCUT2D eigenvalue weighted by atomic mass is 16.4. The molecule has 190 valence electrons. The fourth-order valence-corrected chi connectivity index (χ4v) is 3.70. The van der Waals surface area contributed by atoms with E-state index in [1.54, 1.807) is 72.8 Å². The summed E-state index contributed by atoms with van der Waals surface area (Å²) in [5, 5.41) is 56.8. The summed E-state index contributed by atoms with van der Waals surface area (Å²) >= 11 is 0. The van der Waals surface area contributed by atoms with E-state index < -0.39 is 0 Å². The van der Waals surface area contributed by atoms with Crippen molar-refractivity contribution < 1.29 is 20.8 Å². The number of hydrogen-bond donors (Lipinski definition) is 6. The van der Waals surface area contributed by atoms with Crippen molar-refractivity contribution in [1.82, 2.24) is 0 Å². The predicted molar refractivity (Wildman–Crippen MR) is 147 cm³/mol. The molecule has 0 aliphatic heterocycles. The number of oxime groups is 4. The normalized spacial score (nSPS) is 12.7. The molecular formula is C28H24N6O4. The van der Waals surface area contributed by atoms with Crippen LogP contribution in [0.2, 0.25) is 0 Å². The number of benzene rings is 4. The third-order valence-electron chi connectivity index (χ3n) is 5.57. The summed E-state index contributed by atoms with van der Waals surface area (Å²) in [6.45, 7) is 0. The highest BCUT2D eigenvalue weighted by Gasteiger charge is 2.15. The Morgan fingerprint density at radius 2 is 0.763 bits per heavy atom. The van der Waals surface area contributed by atoms with Gasteiger partial charge in [-0.25, -0.2) is 0 Å². The van der Waals surface area contributed by atoms with E-state index in [4.69, 9.17) is 0 Å². The van der Waals surface area contributed by atoms with Gasteiger partial charge >= 0.3 is 0 Å². The van der Waals surface area contributed by atoms with E-state index in [0.717, 1.165) is 11.1 Å². The molecule has 0 aliphatic carbocycles. The molecule has 0 unspecified atom stereocenters. The average Bonchev–Trinajstić information content (AvgIpc) is 2.98. The Labute approximate surface area is 218 Å². The van der Waals surface area contributed by atoms with E-state index in [0.29, 0.717) is 22.5 Å². The first-order chi connectivity index (χ1) is 18.7. The number of hydrogen-bond acceptors (Lipinski definition) is 8. The standard InChI is InChI=1S/C28H24N6O4/c35-31-25(21-7-3-1-4-8-21)27(33-37)29-23-15-11-19(12-16-23)20-13-17-24(18-14-20)30-28(34-38)26(32-36)22-9-5-2-6-10-22/h1-18,35-38H,(H,29,33)(H,30,34). The quantitative estimate of drug-likeness (QED) is 0.0837. The number of nitrogens with zero attached hydrogens (tertiary/aromatic N) is 4. The summed E-state index contributed by atoms with van der Waals surface area (Å²) in [4.78, 5) is 0. The first-order valence-corrected chi connectivity index (χ1v) is 11.4. The zero-order chi connectivity index (χ0) is 26.7. The summed E-state index contributed by atoms with van der Waals surface area (Å²) in [6.07, 6.45) is 0. The Morgan fingerprint density at radius 3 is 1.05 bits per heavy atom. The molecule has 0 aliphatic rings. The van der Waals surface area contributed by atoms with E-state index in [1.165, 1.54) is 0 Å². The largest absolute Gasteiger partial charge is 0.410 e. The van der Waals surface area contributed by atoms with Gasteiger partial charge in [0.05, 0.1) is 0 Å². The fourth-order valence-electron chi connectivity index (χ4n) is 3.70. The van der Waals surface area contributed by atoms with Crippen LogP contribution in [0.1, 0.15) is 11.1 Å². The molecule has 38 heavy (non-hydrogen) atoms. The maximum Gasteiger partial charge on any atom is 0.199 e.